The third-order valence-corrected chi connectivity index (χ3v) is 3.63. The Morgan fingerprint density at radius 1 is 1.18 bits per heavy atom. The minimum absolute atomic E-state index is 0.0180. The molecular weight excluding hydrogens is 366 g/mol. The van der Waals surface area contributed by atoms with Crippen molar-refractivity contribution in [2.75, 3.05) is 17.2 Å². The van der Waals surface area contributed by atoms with Gasteiger partial charge < -0.3 is 20.5 Å². The number of aromatic carboxylic acids is 1. The van der Waals surface area contributed by atoms with E-state index in [4.69, 9.17) is 9.84 Å². The Morgan fingerprint density at radius 2 is 1.89 bits per heavy atom. The van der Waals surface area contributed by atoms with Crippen LogP contribution in [0.4, 0.5) is 17.1 Å². The van der Waals surface area contributed by atoms with Crippen LogP contribution in [0.2, 0.25) is 0 Å². The van der Waals surface area contributed by atoms with Crippen LogP contribution in [0, 0.1) is 10.1 Å². The third kappa shape index (κ3) is 5.70. The monoisotopic (exact) mass is 387 g/mol. The molecule has 3 N–H and O–H groups in total. The van der Waals surface area contributed by atoms with E-state index in [-0.39, 0.29) is 41.9 Å². The molecule has 0 aliphatic heterocycles. The van der Waals surface area contributed by atoms with Gasteiger partial charge in [0.15, 0.2) is 0 Å². The highest BCUT2D eigenvalue weighted by Gasteiger charge is 2.15. The lowest BCUT2D eigenvalue weighted by molar-refractivity contribution is -0.384. The molecular formula is C19H21N3O6. The number of ether oxygens (including phenoxy) is 1. The first-order chi connectivity index (χ1) is 13.3. The van der Waals surface area contributed by atoms with Crippen LogP contribution in [0.1, 0.15) is 30.6 Å². The smallest absolute Gasteiger partial charge is 0.335 e. The Kier molecular flexibility index (Phi) is 6.91. The lowest BCUT2D eigenvalue weighted by Gasteiger charge is -2.16. The molecule has 2 aromatic carbocycles. The van der Waals surface area contributed by atoms with Gasteiger partial charge in [0.2, 0.25) is 5.91 Å². The van der Waals surface area contributed by atoms with Gasteiger partial charge in [0, 0.05) is 19.0 Å². The minimum Gasteiger partial charge on any atom is -0.489 e. The van der Waals surface area contributed by atoms with Gasteiger partial charge in [-0.2, -0.15) is 0 Å². The van der Waals surface area contributed by atoms with E-state index in [1.54, 1.807) is 18.2 Å². The molecule has 2 aromatic rings. The topological polar surface area (TPSA) is 131 Å². The molecule has 0 unspecified atom stereocenters. The van der Waals surface area contributed by atoms with E-state index in [9.17, 15) is 19.7 Å². The Hall–Kier alpha value is -3.62. The number of para-hydroxylation sites is 2. The summed E-state index contributed by atoms with van der Waals surface area (Å²) in [7, 11) is 0. The first-order valence-electron chi connectivity index (χ1n) is 8.59. The van der Waals surface area contributed by atoms with Gasteiger partial charge in [0.25, 0.3) is 5.69 Å². The number of carboxylic acid groups (broad SMARTS) is 1. The molecule has 0 atom stereocenters. The summed E-state index contributed by atoms with van der Waals surface area (Å²) in [5.74, 6) is -1.15. The Morgan fingerprint density at radius 3 is 2.54 bits per heavy atom. The van der Waals surface area contributed by atoms with Crippen LogP contribution in [0.3, 0.4) is 0 Å². The second-order valence-electron chi connectivity index (χ2n) is 6.18. The summed E-state index contributed by atoms with van der Waals surface area (Å²) in [4.78, 5) is 33.9. The molecule has 0 fully saturated rings. The van der Waals surface area contributed by atoms with E-state index in [2.05, 4.69) is 10.6 Å². The van der Waals surface area contributed by atoms with Crippen molar-refractivity contribution < 1.29 is 24.4 Å². The van der Waals surface area contributed by atoms with Gasteiger partial charge in [0.05, 0.1) is 22.3 Å². The van der Waals surface area contributed by atoms with Gasteiger partial charge in [0.1, 0.15) is 11.4 Å². The number of nitrogens with zero attached hydrogens (tertiary/aromatic N) is 1. The fourth-order valence-electron chi connectivity index (χ4n) is 2.42. The van der Waals surface area contributed by atoms with E-state index in [1.807, 2.05) is 13.8 Å². The maximum Gasteiger partial charge on any atom is 0.335 e. The highest BCUT2D eigenvalue weighted by Crippen LogP contribution is 2.27. The number of nitrogens with one attached hydrogen (secondary N) is 2. The minimum atomic E-state index is -1.12. The number of nitro groups is 1. The van der Waals surface area contributed by atoms with Crippen LogP contribution in [0.15, 0.2) is 42.5 Å². The van der Waals surface area contributed by atoms with Crippen molar-refractivity contribution in [3.63, 3.8) is 0 Å². The highest BCUT2D eigenvalue weighted by molar-refractivity contribution is 5.95. The quantitative estimate of drug-likeness (QED) is 0.443. The molecule has 0 aromatic heterocycles. The highest BCUT2D eigenvalue weighted by atomic mass is 16.6. The molecule has 9 heteroatoms. The molecule has 0 radical (unpaired) electrons. The summed E-state index contributed by atoms with van der Waals surface area (Å²) in [6, 6.07) is 10.4. The summed E-state index contributed by atoms with van der Waals surface area (Å²) >= 11 is 0. The van der Waals surface area contributed by atoms with Gasteiger partial charge in [-0.3, -0.25) is 14.9 Å². The molecule has 0 heterocycles. The van der Waals surface area contributed by atoms with Crippen molar-refractivity contribution in [3.05, 3.63) is 58.1 Å². The maximum absolute atomic E-state index is 12.3. The lowest BCUT2D eigenvalue weighted by atomic mass is 10.1. The predicted molar refractivity (Wildman–Crippen MR) is 104 cm³/mol. The van der Waals surface area contributed by atoms with Gasteiger partial charge in [-0.05, 0) is 38.1 Å². The standard InChI is InChI=1S/C19H21N3O6/c1-12(2)28-17-8-7-13(19(24)25)11-15(17)21-18(23)9-10-20-14-5-3-4-6-16(14)22(26)27/h3-8,11-12,20H,9-10H2,1-2H3,(H,21,23)(H,24,25). The van der Waals surface area contributed by atoms with E-state index >= 15 is 0 Å². The van der Waals surface area contributed by atoms with E-state index in [0.717, 1.165) is 0 Å². The SMILES string of the molecule is CC(C)Oc1ccc(C(=O)O)cc1NC(=O)CCNc1ccccc1[N+](=O)[O-]. The van der Waals surface area contributed by atoms with Crippen LogP contribution in [-0.4, -0.2) is 34.6 Å². The number of anilines is 2. The molecule has 148 valence electrons. The van der Waals surface area contributed by atoms with E-state index < -0.39 is 10.9 Å². The largest absolute Gasteiger partial charge is 0.489 e. The molecule has 0 saturated heterocycles. The molecule has 2 rings (SSSR count). The average molecular weight is 387 g/mol. The molecule has 1 amide bonds. The zero-order valence-electron chi connectivity index (χ0n) is 15.5. The van der Waals surface area contributed by atoms with Crippen LogP contribution in [0.5, 0.6) is 5.75 Å². The molecule has 0 aliphatic rings. The normalized spacial score (nSPS) is 10.4. The van der Waals surface area contributed by atoms with Crippen molar-refractivity contribution in [2.24, 2.45) is 0 Å². The summed E-state index contributed by atoms with van der Waals surface area (Å²) < 4.78 is 5.60. The van der Waals surface area contributed by atoms with E-state index in [0.29, 0.717) is 11.4 Å². The zero-order valence-corrected chi connectivity index (χ0v) is 15.5. The molecule has 0 bridgehead atoms. The Labute approximate surface area is 161 Å². The number of carboxylic acids is 1. The predicted octanol–water partition coefficient (Wildman–Crippen LogP) is 3.52. The van der Waals surface area contributed by atoms with Gasteiger partial charge in [-0.1, -0.05) is 12.1 Å². The zero-order chi connectivity index (χ0) is 20.7. The first-order valence-corrected chi connectivity index (χ1v) is 8.59. The van der Waals surface area contributed by atoms with Crippen molar-refractivity contribution in [3.8, 4) is 5.75 Å². The second-order valence-corrected chi connectivity index (χ2v) is 6.18. The average Bonchev–Trinajstić information content (AvgIpc) is 2.62. The van der Waals surface area contributed by atoms with Crippen LogP contribution in [-0.2, 0) is 4.79 Å². The van der Waals surface area contributed by atoms with Gasteiger partial charge in [-0.25, -0.2) is 4.79 Å². The number of nitro benzene ring substituents is 1. The van der Waals surface area contributed by atoms with Gasteiger partial charge in [-0.15, -0.1) is 0 Å². The lowest BCUT2D eigenvalue weighted by Crippen LogP contribution is -2.18. The fourth-order valence-corrected chi connectivity index (χ4v) is 2.42. The molecule has 9 nitrogen and oxygen atoms in total. The molecule has 0 aliphatic carbocycles. The first kappa shape index (κ1) is 20.7. The van der Waals surface area contributed by atoms with E-state index in [1.165, 1.54) is 24.3 Å². The number of carbonyl (C=O) groups is 2. The number of rotatable bonds is 9. The van der Waals surface area contributed by atoms with Crippen molar-refractivity contribution in [1.29, 1.82) is 0 Å². The third-order valence-electron chi connectivity index (χ3n) is 3.63. The fraction of sp³-hybridized carbons (Fsp3) is 0.263. The van der Waals surface area contributed by atoms with Crippen LogP contribution < -0.4 is 15.4 Å². The van der Waals surface area contributed by atoms with Crippen molar-refractivity contribution >= 4 is 28.9 Å². The Bertz CT molecular complexity index is 882. The molecule has 28 heavy (non-hydrogen) atoms. The number of benzene rings is 2. The summed E-state index contributed by atoms with van der Waals surface area (Å²) in [5, 5.41) is 25.6. The van der Waals surface area contributed by atoms with Crippen LogP contribution >= 0.6 is 0 Å². The number of carbonyl (C=O) groups excluding carboxylic acids is 1. The summed E-state index contributed by atoms with van der Waals surface area (Å²) in [6.07, 6.45) is -0.142. The van der Waals surface area contributed by atoms with Crippen molar-refractivity contribution in [2.45, 2.75) is 26.4 Å². The number of hydrogen-bond acceptors (Lipinski definition) is 6. The van der Waals surface area contributed by atoms with Crippen LogP contribution in [0.25, 0.3) is 0 Å². The number of amides is 1. The maximum atomic E-state index is 12.3. The number of hydrogen-bond donors (Lipinski definition) is 3. The van der Waals surface area contributed by atoms with Crippen molar-refractivity contribution in [1.82, 2.24) is 0 Å². The molecule has 0 saturated carbocycles. The summed E-state index contributed by atoms with van der Waals surface area (Å²) in [5.41, 5.74) is 0.510. The van der Waals surface area contributed by atoms with Gasteiger partial charge >= 0.3 is 5.97 Å². The summed E-state index contributed by atoms with van der Waals surface area (Å²) in [6.45, 7) is 3.79. The Balaban J connectivity index is 2.03. The molecule has 0 spiro atoms. The second kappa shape index (κ2) is 9.36.